The number of nitrogens with zero attached hydrogens (tertiary/aromatic N) is 2. The molecule has 0 amide bonds. The molecule has 0 spiro atoms. The van der Waals surface area contributed by atoms with E-state index in [2.05, 4.69) is 30.3 Å². The average Bonchev–Trinajstić information content (AvgIpc) is 2.29. The SMILES string of the molecule is CC1CC(NCCCC(C)(C)C#N)CCN1C. The predicted molar refractivity (Wildman–Crippen MR) is 71.7 cm³/mol. The van der Waals surface area contributed by atoms with E-state index in [1.54, 1.807) is 0 Å². The first kappa shape index (κ1) is 14.5. The predicted octanol–water partition coefficient (Wildman–Crippen LogP) is 2.39. The summed E-state index contributed by atoms with van der Waals surface area (Å²) in [6.07, 6.45) is 4.58. The Morgan fingerprint density at radius 2 is 2.18 bits per heavy atom. The van der Waals surface area contributed by atoms with Crippen LogP contribution in [0.15, 0.2) is 0 Å². The lowest BCUT2D eigenvalue weighted by Gasteiger charge is -2.35. The minimum Gasteiger partial charge on any atom is -0.314 e. The van der Waals surface area contributed by atoms with E-state index in [0.29, 0.717) is 12.1 Å². The lowest BCUT2D eigenvalue weighted by Crippen LogP contribution is -2.45. The van der Waals surface area contributed by atoms with E-state index in [9.17, 15) is 0 Å². The van der Waals surface area contributed by atoms with E-state index >= 15 is 0 Å². The summed E-state index contributed by atoms with van der Waals surface area (Å²) in [5.41, 5.74) is -0.165. The fraction of sp³-hybridized carbons (Fsp3) is 0.929. The van der Waals surface area contributed by atoms with Crippen molar-refractivity contribution < 1.29 is 0 Å². The molecule has 0 radical (unpaired) electrons. The van der Waals surface area contributed by atoms with Gasteiger partial charge in [-0.05, 0) is 66.6 Å². The van der Waals surface area contributed by atoms with Crippen LogP contribution in [0.3, 0.4) is 0 Å². The Hall–Kier alpha value is -0.590. The molecule has 0 bridgehead atoms. The molecule has 3 nitrogen and oxygen atoms in total. The fourth-order valence-corrected chi connectivity index (χ4v) is 2.37. The Kier molecular flexibility index (Phi) is 5.42. The Morgan fingerprint density at radius 3 is 2.76 bits per heavy atom. The maximum Gasteiger partial charge on any atom is 0.0683 e. The molecule has 1 heterocycles. The first-order valence-corrected chi connectivity index (χ1v) is 6.79. The Bertz CT molecular complexity index is 267. The third-order valence-corrected chi connectivity index (χ3v) is 3.92. The maximum atomic E-state index is 8.93. The van der Waals surface area contributed by atoms with Gasteiger partial charge in [0.15, 0.2) is 0 Å². The van der Waals surface area contributed by atoms with E-state index in [-0.39, 0.29) is 5.41 Å². The van der Waals surface area contributed by atoms with Gasteiger partial charge in [0.05, 0.1) is 11.5 Å². The zero-order valence-corrected chi connectivity index (χ0v) is 11.8. The molecule has 2 unspecified atom stereocenters. The summed E-state index contributed by atoms with van der Waals surface area (Å²) in [5, 5.41) is 12.6. The van der Waals surface area contributed by atoms with E-state index in [0.717, 1.165) is 19.4 Å². The molecule has 17 heavy (non-hydrogen) atoms. The van der Waals surface area contributed by atoms with Crippen LogP contribution in [0.25, 0.3) is 0 Å². The number of nitrogens with one attached hydrogen (secondary N) is 1. The van der Waals surface area contributed by atoms with Crippen LogP contribution in [0.4, 0.5) is 0 Å². The summed E-state index contributed by atoms with van der Waals surface area (Å²) in [5.74, 6) is 0. The molecular formula is C14H27N3. The third kappa shape index (κ3) is 5.06. The minimum absolute atomic E-state index is 0.165. The normalized spacial score (nSPS) is 26.8. The highest BCUT2D eigenvalue weighted by molar-refractivity contribution is 4.91. The average molecular weight is 237 g/mol. The van der Waals surface area contributed by atoms with Crippen LogP contribution in [-0.2, 0) is 0 Å². The van der Waals surface area contributed by atoms with Crippen LogP contribution in [0.2, 0.25) is 0 Å². The van der Waals surface area contributed by atoms with Crippen molar-refractivity contribution in [3.63, 3.8) is 0 Å². The second-order valence-corrected chi connectivity index (χ2v) is 6.10. The van der Waals surface area contributed by atoms with Gasteiger partial charge in [0.2, 0.25) is 0 Å². The Balaban J connectivity index is 2.14. The van der Waals surface area contributed by atoms with Gasteiger partial charge in [-0.15, -0.1) is 0 Å². The molecule has 1 N–H and O–H groups in total. The molecule has 0 saturated carbocycles. The van der Waals surface area contributed by atoms with E-state index < -0.39 is 0 Å². The third-order valence-electron chi connectivity index (χ3n) is 3.92. The summed E-state index contributed by atoms with van der Waals surface area (Å²) >= 11 is 0. The van der Waals surface area contributed by atoms with Crippen LogP contribution >= 0.6 is 0 Å². The number of hydrogen-bond donors (Lipinski definition) is 1. The number of piperidine rings is 1. The van der Waals surface area contributed by atoms with E-state index in [1.165, 1.54) is 19.4 Å². The van der Waals surface area contributed by atoms with Crippen molar-refractivity contribution in [2.24, 2.45) is 5.41 Å². The van der Waals surface area contributed by atoms with Gasteiger partial charge in [0.25, 0.3) is 0 Å². The molecule has 1 aliphatic rings. The van der Waals surface area contributed by atoms with Crippen molar-refractivity contribution >= 4 is 0 Å². The molecule has 0 aromatic carbocycles. The monoisotopic (exact) mass is 237 g/mol. The van der Waals surface area contributed by atoms with Gasteiger partial charge >= 0.3 is 0 Å². The summed E-state index contributed by atoms with van der Waals surface area (Å²) in [6, 6.07) is 3.72. The van der Waals surface area contributed by atoms with Gasteiger partial charge in [0.1, 0.15) is 0 Å². The van der Waals surface area contributed by atoms with Gasteiger partial charge in [0, 0.05) is 12.1 Å². The first-order chi connectivity index (χ1) is 7.94. The lowest BCUT2D eigenvalue weighted by atomic mass is 9.89. The van der Waals surface area contributed by atoms with Crippen LogP contribution in [0.1, 0.15) is 46.5 Å². The Labute approximate surface area is 106 Å². The summed E-state index contributed by atoms with van der Waals surface area (Å²) in [7, 11) is 2.20. The molecule has 1 rings (SSSR count). The molecule has 1 aliphatic heterocycles. The molecular weight excluding hydrogens is 210 g/mol. The van der Waals surface area contributed by atoms with Crippen molar-refractivity contribution in [1.29, 1.82) is 5.26 Å². The van der Waals surface area contributed by atoms with Crippen molar-refractivity contribution in [3.05, 3.63) is 0 Å². The van der Waals surface area contributed by atoms with E-state index in [4.69, 9.17) is 5.26 Å². The topological polar surface area (TPSA) is 39.1 Å². The summed E-state index contributed by atoms with van der Waals surface area (Å²) in [6.45, 7) is 8.58. The van der Waals surface area contributed by atoms with Gasteiger partial charge in [-0.25, -0.2) is 0 Å². The molecule has 98 valence electrons. The number of likely N-dealkylation sites (tertiary alicyclic amines) is 1. The van der Waals surface area contributed by atoms with Crippen LogP contribution in [0.5, 0.6) is 0 Å². The van der Waals surface area contributed by atoms with Gasteiger partial charge < -0.3 is 10.2 Å². The quantitative estimate of drug-likeness (QED) is 0.746. The lowest BCUT2D eigenvalue weighted by molar-refractivity contribution is 0.168. The van der Waals surface area contributed by atoms with Crippen molar-refractivity contribution in [2.75, 3.05) is 20.1 Å². The highest BCUT2D eigenvalue weighted by atomic mass is 15.1. The van der Waals surface area contributed by atoms with Crippen LogP contribution in [-0.4, -0.2) is 37.1 Å². The maximum absolute atomic E-state index is 8.93. The van der Waals surface area contributed by atoms with Gasteiger partial charge in [-0.1, -0.05) is 0 Å². The molecule has 1 saturated heterocycles. The van der Waals surface area contributed by atoms with Crippen molar-refractivity contribution in [3.8, 4) is 6.07 Å². The van der Waals surface area contributed by atoms with Crippen molar-refractivity contribution in [1.82, 2.24) is 10.2 Å². The zero-order valence-electron chi connectivity index (χ0n) is 11.8. The molecule has 1 fully saturated rings. The highest BCUT2D eigenvalue weighted by Crippen LogP contribution is 2.20. The molecule has 0 aromatic heterocycles. The first-order valence-electron chi connectivity index (χ1n) is 6.79. The minimum atomic E-state index is -0.165. The fourth-order valence-electron chi connectivity index (χ4n) is 2.37. The van der Waals surface area contributed by atoms with Gasteiger partial charge in [-0.2, -0.15) is 5.26 Å². The summed E-state index contributed by atoms with van der Waals surface area (Å²) < 4.78 is 0. The number of nitriles is 1. The second kappa shape index (κ2) is 6.37. The largest absolute Gasteiger partial charge is 0.314 e. The van der Waals surface area contributed by atoms with Gasteiger partial charge in [-0.3, -0.25) is 0 Å². The second-order valence-electron chi connectivity index (χ2n) is 6.10. The smallest absolute Gasteiger partial charge is 0.0683 e. The summed E-state index contributed by atoms with van der Waals surface area (Å²) in [4.78, 5) is 2.43. The number of rotatable bonds is 5. The molecule has 3 heteroatoms. The number of hydrogen-bond acceptors (Lipinski definition) is 3. The van der Waals surface area contributed by atoms with E-state index in [1.807, 2.05) is 13.8 Å². The molecule has 2 atom stereocenters. The Morgan fingerprint density at radius 1 is 1.47 bits per heavy atom. The van der Waals surface area contributed by atoms with Crippen molar-refractivity contribution in [2.45, 2.75) is 58.5 Å². The molecule has 0 aliphatic carbocycles. The van der Waals surface area contributed by atoms with Crippen LogP contribution in [0, 0.1) is 16.7 Å². The highest BCUT2D eigenvalue weighted by Gasteiger charge is 2.22. The molecule has 0 aromatic rings. The van der Waals surface area contributed by atoms with Crippen LogP contribution < -0.4 is 5.32 Å². The standard InChI is InChI=1S/C14H27N3/c1-12-10-13(6-9-17(12)4)16-8-5-7-14(2,3)11-15/h12-13,16H,5-10H2,1-4H3. The zero-order chi connectivity index (χ0) is 12.9.